The molecule has 172 valence electrons. The number of para-hydroxylation sites is 1. The summed E-state index contributed by atoms with van der Waals surface area (Å²) in [4.78, 5) is 17.1. The van der Waals surface area contributed by atoms with Crippen molar-refractivity contribution >= 4 is 11.8 Å². The monoisotopic (exact) mass is 442 g/mol. The maximum absolute atomic E-state index is 12.6. The van der Waals surface area contributed by atoms with Crippen LogP contribution in [-0.2, 0) is 11.3 Å². The zero-order valence-corrected chi connectivity index (χ0v) is 19.5. The Morgan fingerprint density at radius 3 is 2.06 bits per heavy atom. The Morgan fingerprint density at radius 2 is 1.42 bits per heavy atom. The van der Waals surface area contributed by atoms with E-state index in [-0.39, 0.29) is 11.7 Å². The van der Waals surface area contributed by atoms with Gasteiger partial charge in [-0.05, 0) is 90.7 Å². The van der Waals surface area contributed by atoms with Gasteiger partial charge in [-0.3, -0.25) is 9.80 Å². The Kier molecular flexibility index (Phi) is 4.62. The van der Waals surface area contributed by atoms with Gasteiger partial charge >= 0.3 is 6.09 Å². The van der Waals surface area contributed by atoms with Gasteiger partial charge in [0.25, 0.3) is 0 Å². The van der Waals surface area contributed by atoms with Crippen LogP contribution in [0.3, 0.4) is 0 Å². The maximum atomic E-state index is 12.6. The minimum Gasteiger partial charge on any atom is -0.441 e. The molecule has 2 aromatic rings. The number of rotatable bonds is 6. The molecule has 0 bridgehead atoms. The molecule has 0 radical (unpaired) electrons. The summed E-state index contributed by atoms with van der Waals surface area (Å²) < 4.78 is 6.00. The highest BCUT2D eigenvalue weighted by molar-refractivity contribution is 5.90. The van der Waals surface area contributed by atoms with Crippen LogP contribution in [0.15, 0.2) is 42.5 Å². The van der Waals surface area contributed by atoms with Gasteiger partial charge < -0.3 is 4.74 Å². The van der Waals surface area contributed by atoms with Crippen LogP contribution in [0.25, 0.3) is 0 Å². The first-order valence-electron chi connectivity index (χ1n) is 13.1. The summed E-state index contributed by atoms with van der Waals surface area (Å²) in [7, 11) is 0. The molecule has 5 aliphatic rings. The fourth-order valence-corrected chi connectivity index (χ4v) is 6.15. The van der Waals surface area contributed by atoms with Gasteiger partial charge in [-0.2, -0.15) is 0 Å². The van der Waals surface area contributed by atoms with Crippen molar-refractivity contribution in [3.05, 3.63) is 64.7 Å². The number of likely N-dealkylation sites (tertiary alicyclic amines) is 1. The lowest BCUT2D eigenvalue weighted by molar-refractivity contribution is -0.00103. The highest BCUT2D eigenvalue weighted by Gasteiger charge is 2.47. The summed E-state index contributed by atoms with van der Waals surface area (Å²) in [6, 6.07) is 15.2. The average molecular weight is 443 g/mol. The number of carbonyl (C=O) groups is 1. The second-order valence-corrected chi connectivity index (χ2v) is 11.3. The van der Waals surface area contributed by atoms with E-state index in [0.717, 1.165) is 55.9 Å². The van der Waals surface area contributed by atoms with E-state index < -0.39 is 0 Å². The first-order chi connectivity index (χ1) is 16.2. The summed E-state index contributed by atoms with van der Waals surface area (Å²) in [5.74, 6) is 2.49. The first kappa shape index (κ1) is 20.1. The lowest BCUT2D eigenvalue weighted by Crippen LogP contribution is -2.46. The van der Waals surface area contributed by atoms with Crippen molar-refractivity contribution in [3.8, 4) is 0 Å². The van der Waals surface area contributed by atoms with Crippen LogP contribution < -0.4 is 4.90 Å². The number of hydrogen-bond acceptors (Lipinski definition) is 3. The van der Waals surface area contributed by atoms with Gasteiger partial charge in [-0.25, -0.2) is 4.79 Å². The molecule has 0 N–H and O–H groups in total. The van der Waals surface area contributed by atoms with Gasteiger partial charge in [0.05, 0.1) is 6.54 Å². The van der Waals surface area contributed by atoms with E-state index in [2.05, 4.69) is 17.0 Å². The van der Waals surface area contributed by atoms with Crippen LogP contribution in [0, 0.1) is 0 Å². The SMILES string of the molecule is O=C1OC2(CCN(Cc3cc(C4CC4)c(C4CC4)cc3C3CC3)CC2)CN1c1ccccc1. The molecular weight excluding hydrogens is 408 g/mol. The molecule has 33 heavy (non-hydrogen) atoms. The number of hydrogen-bond donors (Lipinski definition) is 0. The van der Waals surface area contributed by atoms with Crippen LogP contribution in [0.4, 0.5) is 10.5 Å². The van der Waals surface area contributed by atoms with Gasteiger partial charge in [0.2, 0.25) is 0 Å². The Hall–Kier alpha value is -2.33. The molecule has 0 atom stereocenters. The van der Waals surface area contributed by atoms with Crippen LogP contribution >= 0.6 is 0 Å². The molecular formula is C29H34N2O2. The van der Waals surface area contributed by atoms with E-state index >= 15 is 0 Å². The first-order valence-corrected chi connectivity index (χ1v) is 13.1. The van der Waals surface area contributed by atoms with Crippen molar-refractivity contribution in [2.45, 2.75) is 81.3 Å². The van der Waals surface area contributed by atoms with E-state index in [1.807, 2.05) is 35.2 Å². The molecule has 0 unspecified atom stereocenters. The minimum absolute atomic E-state index is 0.185. The number of carbonyl (C=O) groups excluding carboxylic acids is 1. The van der Waals surface area contributed by atoms with Gasteiger partial charge in [0.15, 0.2) is 0 Å². The topological polar surface area (TPSA) is 32.8 Å². The Bertz CT molecular complexity index is 1060. The van der Waals surface area contributed by atoms with Crippen molar-refractivity contribution in [2.24, 2.45) is 0 Å². The molecule has 2 aliphatic heterocycles. The van der Waals surface area contributed by atoms with Crippen LogP contribution in [-0.4, -0.2) is 36.2 Å². The molecule has 1 amide bonds. The van der Waals surface area contributed by atoms with Gasteiger partial charge in [0, 0.05) is 38.2 Å². The lowest BCUT2D eigenvalue weighted by atomic mass is 9.89. The zero-order chi connectivity index (χ0) is 22.0. The van der Waals surface area contributed by atoms with Crippen molar-refractivity contribution in [1.82, 2.24) is 4.90 Å². The Morgan fingerprint density at radius 1 is 0.818 bits per heavy atom. The van der Waals surface area contributed by atoms with Crippen LogP contribution in [0.1, 0.15) is 91.4 Å². The second kappa shape index (κ2) is 7.59. The van der Waals surface area contributed by atoms with Gasteiger partial charge in [-0.1, -0.05) is 30.3 Å². The third-order valence-electron chi connectivity index (χ3n) is 8.60. The summed E-state index contributed by atoms with van der Waals surface area (Å²) in [5, 5.41) is 0. The molecule has 2 heterocycles. The Balaban J connectivity index is 1.07. The van der Waals surface area contributed by atoms with E-state index in [1.165, 1.54) is 38.5 Å². The van der Waals surface area contributed by atoms with E-state index in [1.54, 1.807) is 22.3 Å². The smallest absolute Gasteiger partial charge is 0.415 e. The fraction of sp³-hybridized carbons (Fsp3) is 0.552. The average Bonchev–Trinajstić information content (AvgIpc) is 3.70. The van der Waals surface area contributed by atoms with Crippen LogP contribution in [0.2, 0.25) is 0 Å². The summed E-state index contributed by atoms with van der Waals surface area (Å²) in [5.41, 5.74) is 7.27. The number of benzene rings is 2. The summed E-state index contributed by atoms with van der Waals surface area (Å²) in [6.07, 6.45) is 9.98. The molecule has 3 aliphatic carbocycles. The largest absolute Gasteiger partial charge is 0.441 e. The van der Waals surface area contributed by atoms with Crippen molar-refractivity contribution in [2.75, 3.05) is 24.5 Å². The number of anilines is 1. The second-order valence-electron chi connectivity index (χ2n) is 11.3. The number of ether oxygens (including phenoxy) is 1. The van der Waals surface area contributed by atoms with Crippen LogP contribution in [0.5, 0.6) is 0 Å². The number of amides is 1. The third-order valence-corrected chi connectivity index (χ3v) is 8.60. The van der Waals surface area contributed by atoms with E-state index in [9.17, 15) is 4.79 Å². The molecule has 5 fully saturated rings. The van der Waals surface area contributed by atoms with Crippen molar-refractivity contribution in [1.29, 1.82) is 0 Å². The molecule has 2 aromatic carbocycles. The predicted molar refractivity (Wildman–Crippen MR) is 130 cm³/mol. The molecule has 4 nitrogen and oxygen atoms in total. The molecule has 4 heteroatoms. The fourth-order valence-electron chi connectivity index (χ4n) is 6.15. The summed E-state index contributed by atoms with van der Waals surface area (Å²) >= 11 is 0. The third kappa shape index (κ3) is 3.86. The molecule has 1 spiro atoms. The van der Waals surface area contributed by atoms with Crippen molar-refractivity contribution in [3.63, 3.8) is 0 Å². The van der Waals surface area contributed by atoms with E-state index in [0.29, 0.717) is 6.54 Å². The lowest BCUT2D eigenvalue weighted by Gasteiger charge is -2.37. The number of piperidine rings is 1. The standard InChI is InChI=1S/C29H34N2O2/c32-28-31(24-4-2-1-3-5-24)19-29(33-28)12-14-30(15-13-29)18-23-16-26(21-8-9-21)27(22-10-11-22)17-25(23)20-6-7-20/h1-5,16-17,20-22H,6-15,18-19H2. The minimum atomic E-state index is -0.322. The molecule has 0 aromatic heterocycles. The quantitative estimate of drug-likeness (QED) is 0.525. The molecule has 3 saturated carbocycles. The highest BCUT2D eigenvalue weighted by Crippen LogP contribution is 2.52. The molecule has 2 saturated heterocycles. The number of nitrogens with zero attached hydrogens (tertiary/aromatic N) is 2. The van der Waals surface area contributed by atoms with Crippen molar-refractivity contribution < 1.29 is 9.53 Å². The zero-order valence-electron chi connectivity index (χ0n) is 19.5. The predicted octanol–water partition coefficient (Wildman–Crippen LogP) is 6.31. The highest BCUT2D eigenvalue weighted by atomic mass is 16.6. The molecule has 7 rings (SSSR count). The summed E-state index contributed by atoms with van der Waals surface area (Å²) in [6.45, 7) is 3.74. The Labute approximate surface area is 196 Å². The van der Waals surface area contributed by atoms with E-state index in [4.69, 9.17) is 4.74 Å². The maximum Gasteiger partial charge on any atom is 0.415 e. The van der Waals surface area contributed by atoms with Gasteiger partial charge in [0.1, 0.15) is 5.60 Å². The normalized spacial score (nSPS) is 25.0. The van der Waals surface area contributed by atoms with Gasteiger partial charge in [-0.15, -0.1) is 0 Å².